The number of aromatic nitrogens is 1. The molecule has 1 saturated heterocycles. The standard InChI is InChI=1S/C12H11F3N2O5S/c1-16-8-4-7(2-3-9(8)22-10(16)18)23(20,21)17-5-11(19,6-17)12(13,14)15/h2-4,19H,5-6H2,1H3. The molecular weight excluding hydrogens is 341 g/mol. The van der Waals surface area contributed by atoms with Crippen molar-refractivity contribution in [3.05, 3.63) is 28.7 Å². The number of hydrogen-bond donors (Lipinski definition) is 1. The van der Waals surface area contributed by atoms with E-state index in [4.69, 9.17) is 4.42 Å². The molecular formula is C12H11F3N2O5S. The Bertz CT molecular complexity index is 938. The predicted octanol–water partition coefficient (Wildman–Crippen LogP) is 0.429. The summed E-state index contributed by atoms with van der Waals surface area (Å²) < 4.78 is 68.9. The Labute approximate surface area is 127 Å². The maximum Gasteiger partial charge on any atom is 0.419 e. The molecule has 0 amide bonds. The van der Waals surface area contributed by atoms with Crippen molar-refractivity contribution in [3.8, 4) is 0 Å². The second-order valence-corrected chi connectivity index (χ2v) is 7.30. The lowest BCUT2D eigenvalue weighted by molar-refractivity contribution is -0.290. The normalized spacial score (nSPS) is 19.0. The summed E-state index contributed by atoms with van der Waals surface area (Å²) in [5.74, 6) is -0.690. The summed E-state index contributed by atoms with van der Waals surface area (Å²) in [4.78, 5) is 11.1. The molecule has 1 aromatic heterocycles. The summed E-state index contributed by atoms with van der Waals surface area (Å²) in [6.07, 6.45) is -4.91. The fourth-order valence-corrected chi connectivity index (χ4v) is 3.87. The van der Waals surface area contributed by atoms with Crippen molar-refractivity contribution in [3.63, 3.8) is 0 Å². The van der Waals surface area contributed by atoms with Crippen LogP contribution in [0.5, 0.6) is 0 Å². The highest BCUT2D eigenvalue weighted by atomic mass is 32.2. The molecule has 0 aliphatic carbocycles. The number of hydrogen-bond acceptors (Lipinski definition) is 5. The number of aliphatic hydroxyl groups is 1. The SMILES string of the molecule is Cn1c(=O)oc2ccc(S(=O)(=O)N3CC(O)(C(F)(F)F)C3)cc21. The van der Waals surface area contributed by atoms with E-state index < -0.39 is 40.6 Å². The molecule has 0 radical (unpaired) electrons. The first-order chi connectivity index (χ1) is 10.5. The van der Waals surface area contributed by atoms with Gasteiger partial charge in [0.15, 0.2) is 11.2 Å². The minimum atomic E-state index is -4.91. The van der Waals surface area contributed by atoms with Crippen LogP contribution >= 0.6 is 0 Å². The second kappa shape index (κ2) is 4.58. The van der Waals surface area contributed by atoms with E-state index in [-0.39, 0.29) is 16.0 Å². The summed E-state index contributed by atoms with van der Waals surface area (Å²) in [5.41, 5.74) is -2.68. The fraction of sp³-hybridized carbons (Fsp3) is 0.417. The van der Waals surface area contributed by atoms with Gasteiger partial charge in [0.25, 0.3) is 0 Å². The Morgan fingerprint density at radius 2 is 1.91 bits per heavy atom. The largest absolute Gasteiger partial charge is 0.419 e. The molecule has 7 nitrogen and oxygen atoms in total. The lowest BCUT2D eigenvalue weighted by atomic mass is 9.97. The Balaban J connectivity index is 1.96. The zero-order valence-electron chi connectivity index (χ0n) is 11.7. The van der Waals surface area contributed by atoms with Gasteiger partial charge in [0.2, 0.25) is 10.0 Å². The van der Waals surface area contributed by atoms with Crippen LogP contribution in [0.25, 0.3) is 11.1 Å². The molecule has 1 aromatic carbocycles. The quantitative estimate of drug-likeness (QED) is 0.846. The molecule has 3 rings (SSSR count). The third kappa shape index (κ3) is 2.26. The maximum atomic E-state index is 12.6. The van der Waals surface area contributed by atoms with Crippen LogP contribution in [-0.4, -0.2) is 47.3 Å². The monoisotopic (exact) mass is 352 g/mol. The Morgan fingerprint density at radius 3 is 2.48 bits per heavy atom. The van der Waals surface area contributed by atoms with E-state index in [0.29, 0.717) is 4.31 Å². The Hall–Kier alpha value is -1.85. The second-order valence-electron chi connectivity index (χ2n) is 5.36. The molecule has 1 fully saturated rings. The van der Waals surface area contributed by atoms with Crippen LogP contribution in [0.2, 0.25) is 0 Å². The Kier molecular flexibility index (Phi) is 3.19. The van der Waals surface area contributed by atoms with Gasteiger partial charge in [-0.15, -0.1) is 0 Å². The van der Waals surface area contributed by atoms with Crippen LogP contribution in [-0.2, 0) is 17.1 Å². The lowest BCUT2D eigenvalue weighted by Gasteiger charge is -2.45. The highest BCUT2D eigenvalue weighted by molar-refractivity contribution is 7.89. The molecule has 2 heterocycles. The van der Waals surface area contributed by atoms with Crippen LogP contribution in [0.1, 0.15) is 0 Å². The van der Waals surface area contributed by atoms with Crippen molar-refractivity contribution in [2.24, 2.45) is 7.05 Å². The molecule has 1 aliphatic rings. The van der Waals surface area contributed by atoms with Gasteiger partial charge in [-0.25, -0.2) is 13.2 Å². The zero-order chi connectivity index (χ0) is 17.2. The molecule has 0 atom stereocenters. The molecule has 0 saturated carbocycles. The van der Waals surface area contributed by atoms with E-state index >= 15 is 0 Å². The first-order valence-electron chi connectivity index (χ1n) is 6.34. The third-order valence-electron chi connectivity index (χ3n) is 3.80. The van der Waals surface area contributed by atoms with Crippen LogP contribution < -0.4 is 5.76 Å². The molecule has 11 heteroatoms. The first-order valence-corrected chi connectivity index (χ1v) is 7.79. The predicted molar refractivity (Wildman–Crippen MR) is 71.2 cm³/mol. The molecule has 1 N–H and O–H groups in total. The number of β-amino-alcohol motifs (C(OH)–C–C–N with tert-alkyl or cyclic N) is 1. The molecule has 2 aromatic rings. The van der Waals surface area contributed by atoms with Gasteiger partial charge in [-0.3, -0.25) is 4.57 Å². The number of nitrogens with zero attached hydrogens (tertiary/aromatic N) is 2. The molecule has 0 spiro atoms. The van der Waals surface area contributed by atoms with Crippen LogP contribution in [0.15, 0.2) is 32.3 Å². The van der Waals surface area contributed by atoms with E-state index in [1.165, 1.54) is 13.1 Å². The number of halogens is 3. The summed E-state index contributed by atoms with van der Waals surface area (Å²) in [6.45, 7) is -2.14. The summed E-state index contributed by atoms with van der Waals surface area (Å²) in [5, 5.41) is 9.35. The Morgan fingerprint density at radius 1 is 1.30 bits per heavy atom. The van der Waals surface area contributed by atoms with E-state index in [9.17, 15) is 31.5 Å². The highest BCUT2D eigenvalue weighted by Crippen LogP contribution is 2.40. The molecule has 0 unspecified atom stereocenters. The van der Waals surface area contributed by atoms with Crippen LogP contribution in [0.4, 0.5) is 13.2 Å². The summed E-state index contributed by atoms with van der Waals surface area (Å²) in [6, 6.07) is 3.52. The van der Waals surface area contributed by atoms with E-state index in [1.807, 2.05) is 0 Å². The van der Waals surface area contributed by atoms with Gasteiger partial charge in [0, 0.05) is 7.05 Å². The van der Waals surface area contributed by atoms with E-state index in [2.05, 4.69) is 0 Å². The van der Waals surface area contributed by atoms with Gasteiger partial charge in [-0.2, -0.15) is 17.5 Å². The molecule has 0 bridgehead atoms. The molecule has 1 aliphatic heterocycles. The van der Waals surface area contributed by atoms with Crippen molar-refractivity contribution >= 4 is 21.1 Å². The number of rotatable bonds is 2. The average Bonchev–Trinajstić information content (AvgIpc) is 2.69. The van der Waals surface area contributed by atoms with Crippen molar-refractivity contribution < 1.29 is 31.1 Å². The van der Waals surface area contributed by atoms with Crippen LogP contribution in [0.3, 0.4) is 0 Å². The fourth-order valence-electron chi connectivity index (χ4n) is 2.30. The van der Waals surface area contributed by atoms with Gasteiger partial charge in [-0.05, 0) is 18.2 Å². The van der Waals surface area contributed by atoms with E-state index in [0.717, 1.165) is 16.7 Å². The number of benzene rings is 1. The van der Waals surface area contributed by atoms with Crippen LogP contribution in [0, 0.1) is 0 Å². The van der Waals surface area contributed by atoms with E-state index in [1.54, 1.807) is 0 Å². The zero-order valence-corrected chi connectivity index (χ0v) is 12.5. The van der Waals surface area contributed by atoms with Gasteiger partial charge in [-0.1, -0.05) is 0 Å². The smallest absolute Gasteiger partial charge is 0.408 e. The van der Waals surface area contributed by atoms with Crippen molar-refractivity contribution in [1.82, 2.24) is 8.87 Å². The summed E-state index contributed by atoms with van der Waals surface area (Å²) in [7, 11) is -2.84. The molecule has 126 valence electrons. The lowest BCUT2D eigenvalue weighted by Crippen LogP contribution is -2.70. The number of alkyl halides is 3. The molecule has 23 heavy (non-hydrogen) atoms. The van der Waals surface area contributed by atoms with Gasteiger partial charge in [0.1, 0.15) is 0 Å². The number of fused-ring (bicyclic) bond motifs is 1. The van der Waals surface area contributed by atoms with Crippen molar-refractivity contribution in [1.29, 1.82) is 0 Å². The van der Waals surface area contributed by atoms with Gasteiger partial charge >= 0.3 is 11.9 Å². The topological polar surface area (TPSA) is 92.8 Å². The first kappa shape index (κ1) is 16.0. The third-order valence-corrected chi connectivity index (χ3v) is 5.59. The van der Waals surface area contributed by atoms with Crippen molar-refractivity contribution in [2.45, 2.75) is 16.7 Å². The minimum Gasteiger partial charge on any atom is -0.408 e. The maximum absolute atomic E-state index is 12.6. The number of sulfonamides is 1. The average molecular weight is 352 g/mol. The highest BCUT2D eigenvalue weighted by Gasteiger charge is 2.63. The van der Waals surface area contributed by atoms with Gasteiger partial charge < -0.3 is 9.52 Å². The van der Waals surface area contributed by atoms with Gasteiger partial charge in [0.05, 0.1) is 23.5 Å². The summed E-state index contributed by atoms with van der Waals surface area (Å²) >= 11 is 0. The number of oxazole rings is 1. The minimum absolute atomic E-state index is 0.159. The van der Waals surface area contributed by atoms with Crippen molar-refractivity contribution in [2.75, 3.05) is 13.1 Å². The number of aryl methyl sites for hydroxylation is 1.